The molecule has 0 radical (unpaired) electrons. The van der Waals surface area contributed by atoms with Crippen molar-refractivity contribution in [3.05, 3.63) is 65.5 Å². The molecule has 0 saturated carbocycles. The Balaban J connectivity index is 2.20. The maximum atomic E-state index is 13.9. The number of thioether (sulfide) groups is 1. The number of carbonyl (C=O) groups is 1. The van der Waals surface area contributed by atoms with Crippen LogP contribution in [0.5, 0.6) is 5.75 Å². The van der Waals surface area contributed by atoms with Crippen molar-refractivity contribution in [2.75, 3.05) is 6.26 Å². The SMILES string of the molecule is CSc1ccc(C(=O)/C(F)=C/c2ccc(O)cc2)cc1. The second kappa shape index (κ2) is 6.39. The molecule has 0 heterocycles. The maximum Gasteiger partial charge on any atom is 0.221 e. The van der Waals surface area contributed by atoms with Crippen LogP contribution in [0, 0.1) is 0 Å². The lowest BCUT2D eigenvalue weighted by atomic mass is 10.1. The van der Waals surface area contributed by atoms with E-state index >= 15 is 0 Å². The van der Waals surface area contributed by atoms with E-state index in [2.05, 4.69) is 0 Å². The first-order chi connectivity index (χ1) is 9.60. The Morgan fingerprint density at radius 2 is 1.70 bits per heavy atom. The van der Waals surface area contributed by atoms with Gasteiger partial charge in [-0.3, -0.25) is 4.79 Å². The van der Waals surface area contributed by atoms with Crippen molar-refractivity contribution in [2.24, 2.45) is 0 Å². The second-order valence-electron chi connectivity index (χ2n) is 4.14. The van der Waals surface area contributed by atoms with Crippen molar-refractivity contribution in [2.45, 2.75) is 4.90 Å². The molecule has 20 heavy (non-hydrogen) atoms. The predicted molar refractivity (Wildman–Crippen MR) is 79.7 cm³/mol. The molecule has 2 aromatic rings. The summed E-state index contributed by atoms with van der Waals surface area (Å²) in [5.74, 6) is -1.38. The average Bonchev–Trinajstić information content (AvgIpc) is 2.49. The van der Waals surface area contributed by atoms with Gasteiger partial charge in [0.15, 0.2) is 5.83 Å². The highest BCUT2D eigenvalue weighted by atomic mass is 32.2. The predicted octanol–water partition coefficient (Wildman–Crippen LogP) is 4.31. The fourth-order valence-corrected chi connectivity index (χ4v) is 2.07. The molecule has 4 heteroatoms. The first kappa shape index (κ1) is 14.3. The van der Waals surface area contributed by atoms with Crippen LogP contribution < -0.4 is 0 Å². The van der Waals surface area contributed by atoms with Crippen molar-refractivity contribution >= 4 is 23.6 Å². The summed E-state index contributed by atoms with van der Waals surface area (Å²) >= 11 is 1.56. The third-order valence-electron chi connectivity index (χ3n) is 2.76. The summed E-state index contributed by atoms with van der Waals surface area (Å²) in [5, 5.41) is 9.14. The maximum absolute atomic E-state index is 13.9. The normalized spacial score (nSPS) is 11.4. The van der Waals surface area contributed by atoms with E-state index in [1.807, 2.05) is 6.26 Å². The van der Waals surface area contributed by atoms with E-state index in [0.717, 1.165) is 11.0 Å². The third kappa shape index (κ3) is 3.48. The van der Waals surface area contributed by atoms with Crippen molar-refractivity contribution < 1.29 is 14.3 Å². The molecule has 2 nitrogen and oxygen atoms in total. The lowest BCUT2D eigenvalue weighted by Gasteiger charge is -2.01. The molecular formula is C16H13FO2S. The molecule has 102 valence electrons. The van der Waals surface area contributed by atoms with Gasteiger partial charge in [-0.1, -0.05) is 12.1 Å². The zero-order valence-electron chi connectivity index (χ0n) is 10.8. The number of ketones is 1. The van der Waals surface area contributed by atoms with Gasteiger partial charge in [0.2, 0.25) is 5.78 Å². The Hall–Kier alpha value is -2.07. The summed E-state index contributed by atoms with van der Waals surface area (Å²) in [6.07, 6.45) is 3.09. The molecule has 0 amide bonds. The van der Waals surface area contributed by atoms with Crippen LogP contribution in [0.2, 0.25) is 0 Å². The number of benzene rings is 2. The Kier molecular flexibility index (Phi) is 4.58. The van der Waals surface area contributed by atoms with Gasteiger partial charge < -0.3 is 5.11 Å². The fraction of sp³-hybridized carbons (Fsp3) is 0.0625. The van der Waals surface area contributed by atoms with Crippen molar-refractivity contribution in [3.63, 3.8) is 0 Å². The van der Waals surface area contributed by atoms with E-state index in [4.69, 9.17) is 5.11 Å². The van der Waals surface area contributed by atoms with Gasteiger partial charge in [0.1, 0.15) is 5.75 Å². The van der Waals surface area contributed by atoms with Crippen LogP contribution >= 0.6 is 11.8 Å². The Bertz CT molecular complexity index is 631. The van der Waals surface area contributed by atoms with Crippen LogP contribution in [0.3, 0.4) is 0 Å². The molecular weight excluding hydrogens is 275 g/mol. The molecule has 0 saturated heterocycles. The van der Waals surface area contributed by atoms with E-state index in [1.165, 1.54) is 12.1 Å². The Morgan fingerprint density at radius 1 is 1.10 bits per heavy atom. The number of phenols is 1. The quantitative estimate of drug-likeness (QED) is 0.517. The summed E-state index contributed by atoms with van der Waals surface area (Å²) in [5.41, 5.74) is 0.838. The number of halogens is 1. The minimum Gasteiger partial charge on any atom is -0.508 e. The summed E-state index contributed by atoms with van der Waals surface area (Å²) in [6, 6.07) is 12.8. The van der Waals surface area contributed by atoms with Gasteiger partial charge in [0.25, 0.3) is 0 Å². The van der Waals surface area contributed by atoms with E-state index in [0.29, 0.717) is 11.1 Å². The van der Waals surface area contributed by atoms with Gasteiger partial charge in [-0.2, -0.15) is 0 Å². The van der Waals surface area contributed by atoms with Crippen LogP contribution in [-0.2, 0) is 0 Å². The number of carbonyl (C=O) groups excluding carboxylic acids is 1. The zero-order chi connectivity index (χ0) is 14.5. The van der Waals surface area contributed by atoms with Gasteiger partial charge in [0.05, 0.1) is 0 Å². The van der Waals surface area contributed by atoms with Crippen LogP contribution in [0.1, 0.15) is 15.9 Å². The number of rotatable bonds is 4. The van der Waals surface area contributed by atoms with Crippen LogP contribution in [0.25, 0.3) is 6.08 Å². The number of hydrogen-bond acceptors (Lipinski definition) is 3. The summed E-state index contributed by atoms with van der Waals surface area (Å²) in [4.78, 5) is 12.9. The molecule has 0 bridgehead atoms. The Morgan fingerprint density at radius 3 is 2.25 bits per heavy atom. The number of hydrogen-bond donors (Lipinski definition) is 1. The monoisotopic (exact) mass is 288 g/mol. The summed E-state index contributed by atoms with van der Waals surface area (Å²) in [7, 11) is 0. The van der Waals surface area contributed by atoms with Crippen molar-refractivity contribution in [1.29, 1.82) is 0 Å². The molecule has 2 rings (SSSR count). The Labute approximate surface area is 121 Å². The van der Waals surface area contributed by atoms with Crippen LogP contribution in [-0.4, -0.2) is 17.1 Å². The average molecular weight is 288 g/mol. The van der Waals surface area contributed by atoms with E-state index < -0.39 is 11.6 Å². The van der Waals surface area contributed by atoms with Gasteiger partial charge in [-0.15, -0.1) is 11.8 Å². The van der Waals surface area contributed by atoms with Crippen molar-refractivity contribution in [1.82, 2.24) is 0 Å². The minimum absolute atomic E-state index is 0.0986. The van der Waals surface area contributed by atoms with Crippen molar-refractivity contribution in [3.8, 4) is 5.75 Å². The number of aromatic hydroxyl groups is 1. The van der Waals surface area contributed by atoms with Gasteiger partial charge in [0, 0.05) is 10.5 Å². The molecule has 0 atom stereocenters. The lowest BCUT2D eigenvalue weighted by Crippen LogP contribution is -1.99. The molecule has 0 fully saturated rings. The topological polar surface area (TPSA) is 37.3 Å². The van der Waals surface area contributed by atoms with Gasteiger partial charge in [-0.25, -0.2) is 4.39 Å². The standard InChI is InChI=1S/C16H13FO2S/c1-20-14-8-4-12(5-9-14)16(19)15(17)10-11-2-6-13(18)7-3-11/h2-10,18H,1H3/b15-10-. The highest BCUT2D eigenvalue weighted by Gasteiger charge is 2.11. The van der Waals surface area contributed by atoms with E-state index in [-0.39, 0.29) is 5.75 Å². The zero-order valence-corrected chi connectivity index (χ0v) is 11.7. The first-order valence-electron chi connectivity index (χ1n) is 5.95. The number of Topliss-reactive ketones (excluding diaryl/α,β-unsaturated/α-hetero) is 1. The molecule has 0 unspecified atom stereocenters. The number of allylic oxidation sites excluding steroid dienone is 1. The molecule has 1 N–H and O–H groups in total. The largest absolute Gasteiger partial charge is 0.508 e. The fourth-order valence-electron chi connectivity index (χ4n) is 1.66. The first-order valence-corrected chi connectivity index (χ1v) is 7.17. The molecule has 0 aromatic heterocycles. The molecule has 0 spiro atoms. The summed E-state index contributed by atoms with van der Waals surface area (Å²) in [6.45, 7) is 0. The molecule has 0 aliphatic heterocycles. The molecule has 0 aliphatic rings. The number of phenolic OH excluding ortho intramolecular Hbond substituents is 1. The highest BCUT2D eigenvalue weighted by Crippen LogP contribution is 2.19. The van der Waals surface area contributed by atoms with Gasteiger partial charge >= 0.3 is 0 Å². The van der Waals surface area contributed by atoms with Crippen LogP contribution in [0.15, 0.2) is 59.3 Å². The smallest absolute Gasteiger partial charge is 0.221 e. The molecule has 2 aromatic carbocycles. The van der Waals surface area contributed by atoms with Gasteiger partial charge in [-0.05, 0) is 54.3 Å². The second-order valence-corrected chi connectivity index (χ2v) is 5.02. The minimum atomic E-state index is -0.826. The van der Waals surface area contributed by atoms with Crippen LogP contribution in [0.4, 0.5) is 4.39 Å². The lowest BCUT2D eigenvalue weighted by molar-refractivity contribution is 0.101. The highest BCUT2D eigenvalue weighted by molar-refractivity contribution is 7.98. The molecule has 0 aliphatic carbocycles. The third-order valence-corrected chi connectivity index (χ3v) is 3.50. The van der Waals surface area contributed by atoms with E-state index in [9.17, 15) is 9.18 Å². The van der Waals surface area contributed by atoms with E-state index in [1.54, 1.807) is 48.2 Å². The summed E-state index contributed by atoms with van der Waals surface area (Å²) < 4.78 is 13.9.